The summed E-state index contributed by atoms with van der Waals surface area (Å²) >= 11 is 0. The number of carboxylic acids is 1. The highest BCUT2D eigenvalue weighted by molar-refractivity contribution is 5.77. The maximum absolute atomic E-state index is 11.4. The van der Waals surface area contributed by atoms with E-state index in [0.717, 1.165) is 0 Å². The van der Waals surface area contributed by atoms with Gasteiger partial charge in [-0.3, -0.25) is 9.59 Å². The van der Waals surface area contributed by atoms with Crippen LogP contribution in [-0.2, 0) is 14.3 Å². The molecule has 0 aliphatic rings. The van der Waals surface area contributed by atoms with Crippen LogP contribution < -0.4 is 5.32 Å². The zero-order valence-corrected chi connectivity index (χ0v) is 9.99. The van der Waals surface area contributed by atoms with Gasteiger partial charge in [-0.05, 0) is 19.8 Å². The second-order valence-corrected chi connectivity index (χ2v) is 3.57. The van der Waals surface area contributed by atoms with E-state index in [9.17, 15) is 9.59 Å². The summed E-state index contributed by atoms with van der Waals surface area (Å²) in [5, 5.41) is 11.3. The third-order valence-electron chi connectivity index (χ3n) is 2.18. The first-order valence-electron chi connectivity index (χ1n) is 5.69. The van der Waals surface area contributed by atoms with E-state index in [-0.39, 0.29) is 18.4 Å². The van der Waals surface area contributed by atoms with Gasteiger partial charge in [-0.1, -0.05) is 6.92 Å². The molecule has 0 aromatic carbocycles. The normalized spacial score (nSPS) is 12.1. The van der Waals surface area contributed by atoms with E-state index in [2.05, 4.69) is 5.32 Å². The summed E-state index contributed by atoms with van der Waals surface area (Å²) in [6.07, 6.45) is 1.66. The van der Waals surface area contributed by atoms with Gasteiger partial charge in [-0.15, -0.1) is 0 Å². The SMILES string of the molecule is CCOCCCC(=O)NC(CC)CC(=O)O. The van der Waals surface area contributed by atoms with Gasteiger partial charge in [0.1, 0.15) is 0 Å². The maximum atomic E-state index is 11.4. The minimum absolute atomic E-state index is 0.0201. The van der Waals surface area contributed by atoms with Gasteiger partial charge in [0.2, 0.25) is 5.91 Å². The van der Waals surface area contributed by atoms with Gasteiger partial charge in [0.05, 0.1) is 6.42 Å². The second-order valence-electron chi connectivity index (χ2n) is 3.57. The molecule has 16 heavy (non-hydrogen) atoms. The highest BCUT2D eigenvalue weighted by atomic mass is 16.5. The predicted molar refractivity (Wildman–Crippen MR) is 60.2 cm³/mol. The van der Waals surface area contributed by atoms with E-state index in [1.807, 2.05) is 13.8 Å². The molecule has 1 unspecified atom stereocenters. The molecule has 5 nitrogen and oxygen atoms in total. The summed E-state index contributed by atoms with van der Waals surface area (Å²) < 4.78 is 5.11. The largest absolute Gasteiger partial charge is 0.481 e. The minimum Gasteiger partial charge on any atom is -0.481 e. The third-order valence-corrected chi connectivity index (χ3v) is 2.18. The Morgan fingerprint density at radius 2 is 2.06 bits per heavy atom. The van der Waals surface area contributed by atoms with Crippen LogP contribution in [0.3, 0.4) is 0 Å². The van der Waals surface area contributed by atoms with E-state index < -0.39 is 5.97 Å². The number of carbonyl (C=O) groups excluding carboxylic acids is 1. The van der Waals surface area contributed by atoms with Gasteiger partial charge in [-0.2, -0.15) is 0 Å². The number of aliphatic carboxylic acids is 1. The molecule has 5 heteroatoms. The Morgan fingerprint density at radius 3 is 2.56 bits per heavy atom. The summed E-state index contributed by atoms with van der Waals surface area (Å²) in [5.74, 6) is -0.991. The van der Waals surface area contributed by atoms with Gasteiger partial charge in [-0.25, -0.2) is 0 Å². The van der Waals surface area contributed by atoms with Crippen molar-refractivity contribution in [3.8, 4) is 0 Å². The summed E-state index contributed by atoms with van der Waals surface area (Å²) in [5.41, 5.74) is 0. The molecule has 0 rings (SSSR count). The van der Waals surface area contributed by atoms with Crippen molar-refractivity contribution < 1.29 is 19.4 Å². The van der Waals surface area contributed by atoms with E-state index >= 15 is 0 Å². The maximum Gasteiger partial charge on any atom is 0.305 e. The zero-order chi connectivity index (χ0) is 12.4. The lowest BCUT2D eigenvalue weighted by Crippen LogP contribution is -2.35. The van der Waals surface area contributed by atoms with E-state index in [1.54, 1.807) is 0 Å². The number of amides is 1. The fourth-order valence-corrected chi connectivity index (χ4v) is 1.29. The summed E-state index contributed by atoms with van der Waals surface area (Å²) in [7, 11) is 0. The molecular formula is C11H21NO4. The molecule has 0 spiro atoms. The number of nitrogens with one attached hydrogen (secondary N) is 1. The van der Waals surface area contributed by atoms with E-state index in [4.69, 9.17) is 9.84 Å². The third kappa shape index (κ3) is 8.23. The fraction of sp³-hybridized carbons (Fsp3) is 0.818. The first-order valence-corrected chi connectivity index (χ1v) is 5.69. The van der Waals surface area contributed by atoms with Crippen LogP contribution in [-0.4, -0.2) is 36.2 Å². The standard InChI is InChI=1S/C11H21NO4/c1-3-9(8-11(14)15)12-10(13)6-5-7-16-4-2/h9H,3-8H2,1-2H3,(H,12,13)(H,14,15). The van der Waals surface area contributed by atoms with Gasteiger partial charge in [0, 0.05) is 25.7 Å². The Labute approximate surface area is 96.2 Å². The van der Waals surface area contributed by atoms with Gasteiger partial charge < -0.3 is 15.2 Å². The number of carboxylic acid groups (broad SMARTS) is 1. The fourth-order valence-electron chi connectivity index (χ4n) is 1.29. The second kappa shape index (κ2) is 9.15. The van der Waals surface area contributed by atoms with Crippen LogP contribution >= 0.6 is 0 Å². The van der Waals surface area contributed by atoms with Gasteiger partial charge >= 0.3 is 5.97 Å². The topological polar surface area (TPSA) is 75.6 Å². The average molecular weight is 231 g/mol. The van der Waals surface area contributed by atoms with Crippen LogP contribution in [0.5, 0.6) is 0 Å². The molecule has 1 amide bonds. The molecule has 0 aromatic heterocycles. The molecule has 2 N–H and O–H groups in total. The van der Waals surface area contributed by atoms with Gasteiger partial charge in [0.25, 0.3) is 0 Å². The van der Waals surface area contributed by atoms with Crippen LogP contribution in [0, 0.1) is 0 Å². The van der Waals surface area contributed by atoms with Crippen LogP contribution in [0.2, 0.25) is 0 Å². The Balaban J connectivity index is 3.70. The Morgan fingerprint density at radius 1 is 1.38 bits per heavy atom. The van der Waals surface area contributed by atoms with Crippen molar-refractivity contribution in [3.05, 3.63) is 0 Å². The molecule has 0 saturated heterocycles. The molecule has 0 aliphatic heterocycles. The summed E-state index contributed by atoms with van der Waals surface area (Å²) in [6, 6.07) is -0.267. The lowest BCUT2D eigenvalue weighted by Gasteiger charge is -2.14. The predicted octanol–water partition coefficient (Wildman–Crippen LogP) is 1.17. The van der Waals surface area contributed by atoms with Gasteiger partial charge in [0.15, 0.2) is 0 Å². The smallest absolute Gasteiger partial charge is 0.305 e. The average Bonchev–Trinajstić information content (AvgIpc) is 2.23. The number of hydrogen-bond acceptors (Lipinski definition) is 3. The van der Waals surface area contributed by atoms with Crippen LogP contribution in [0.15, 0.2) is 0 Å². The Kier molecular flexibility index (Phi) is 8.52. The Bertz CT molecular complexity index is 218. The van der Waals surface area contributed by atoms with E-state index in [0.29, 0.717) is 32.5 Å². The number of ether oxygens (including phenoxy) is 1. The van der Waals surface area contributed by atoms with Crippen molar-refractivity contribution in [2.45, 2.75) is 45.6 Å². The zero-order valence-electron chi connectivity index (χ0n) is 9.99. The summed E-state index contributed by atoms with van der Waals surface area (Å²) in [4.78, 5) is 21.9. The monoisotopic (exact) mass is 231 g/mol. The molecule has 1 atom stereocenters. The molecule has 94 valence electrons. The first-order chi connectivity index (χ1) is 7.60. The van der Waals surface area contributed by atoms with Crippen molar-refractivity contribution in [2.75, 3.05) is 13.2 Å². The first kappa shape index (κ1) is 14.9. The highest BCUT2D eigenvalue weighted by Crippen LogP contribution is 1.99. The van der Waals surface area contributed by atoms with Crippen molar-refractivity contribution >= 4 is 11.9 Å². The van der Waals surface area contributed by atoms with Crippen molar-refractivity contribution in [3.63, 3.8) is 0 Å². The van der Waals surface area contributed by atoms with Crippen LogP contribution in [0.25, 0.3) is 0 Å². The molecule has 0 aliphatic carbocycles. The number of hydrogen-bond donors (Lipinski definition) is 2. The number of carbonyl (C=O) groups is 2. The van der Waals surface area contributed by atoms with Crippen molar-refractivity contribution in [1.29, 1.82) is 0 Å². The molecule has 0 radical (unpaired) electrons. The van der Waals surface area contributed by atoms with Crippen LogP contribution in [0.4, 0.5) is 0 Å². The molecule has 0 heterocycles. The molecule has 0 fully saturated rings. The Hall–Kier alpha value is -1.10. The van der Waals surface area contributed by atoms with Crippen molar-refractivity contribution in [2.24, 2.45) is 0 Å². The van der Waals surface area contributed by atoms with Crippen LogP contribution in [0.1, 0.15) is 39.5 Å². The molecule has 0 saturated carbocycles. The minimum atomic E-state index is -0.888. The molecule has 0 bridgehead atoms. The highest BCUT2D eigenvalue weighted by Gasteiger charge is 2.13. The number of rotatable bonds is 9. The molecule has 0 aromatic rings. The lowest BCUT2D eigenvalue weighted by molar-refractivity contribution is -0.137. The van der Waals surface area contributed by atoms with Crippen molar-refractivity contribution in [1.82, 2.24) is 5.32 Å². The lowest BCUT2D eigenvalue weighted by atomic mass is 10.1. The quantitative estimate of drug-likeness (QED) is 0.584. The summed E-state index contributed by atoms with van der Waals surface area (Å²) in [6.45, 7) is 4.98. The molecular weight excluding hydrogens is 210 g/mol. The van der Waals surface area contributed by atoms with E-state index in [1.165, 1.54) is 0 Å².